The maximum atomic E-state index is 12.0. The van der Waals surface area contributed by atoms with E-state index in [0.717, 1.165) is 16.5 Å². The predicted molar refractivity (Wildman–Crippen MR) is 104 cm³/mol. The number of nitrogens with zero attached hydrogens (tertiary/aromatic N) is 1. The molecule has 0 saturated carbocycles. The van der Waals surface area contributed by atoms with Gasteiger partial charge in [-0.1, -0.05) is 24.3 Å². The van der Waals surface area contributed by atoms with E-state index in [9.17, 15) is 19.7 Å². The van der Waals surface area contributed by atoms with E-state index in [4.69, 9.17) is 4.74 Å². The molecule has 0 radical (unpaired) electrons. The molecule has 0 spiro atoms. The lowest BCUT2D eigenvalue weighted by molar-refractivity contribution is -0.384. The molecule has 1 heterocycles. The summed E-state index contributed by atoms with van der Waals surface area (Å²) in [7, 11) is 0. The quantitative estimate of drug-likeness (QED) is 0.369. The molecule has 2 N–H and O–H groups in total. The highest BCUT2D eigenvalue weighted by atomic mass is 16.6. The topological polar surface area (TPSA) is 114 Å². The Balaban J connectivity index is 1.50. The van der Waals surface area contributed by atoms with Gasteiger partial charge in [0.05, 0.1) is 10.6 Å². The van der Waals surface area contributed by atoms with Crippen molar-refractivity contribution in [3.63, 3.8) is 0 Å². The Kier molecular flexibility index (Phi) is 5.69. The standard InChI is InChI=1S/C20H19N3O5/c1-13-6-8-15(23(26)27)10-18(13)22-19(24)12-28-20(25)9-7-14-11-21-17-5-3-2-4-16(14)17/h2-6,8,10-11,21H,7,9,12H2,1H3,(H,22,24). The lowest BCUT2D eigenvalue weighted by atomic mass is 10.1. The fourth-order valence-electron chi connectivity index (χ4n) is 2.84. The molecular weight excluding hydrogens is 362 g/mol. The van der Waals surface area contributed by atoms with Crippen molar-refractivity contribution in [3.8, 4) is 0 Å². The van der Waals surface area contributed by atoms with Gasteiger partial charge >= 0.3 is 5.97 Å². The Morgan fingerprint density at radius 3 is 2.79 bits per heavy atom. The number of esters is 1. The highest BCUT2D eigenvalue weighted by Crippen LogP contribution is 2.22. The minimum absolute atomic E-state index is 0.128. The van der Waals surface area contributed by atoms with E-state index in [1.165, 1.54) is 12.1 Å². The zero-order valence-corrected chi connectivity index (χ0v) is 15.2. The van der Waals surface area contributed by atoms with Crippen LogP contribution in [-0.2, 0) is 20.7 Å². The normalized spacial score (nSPS) is 10.6. The average Bonchev–Trinajstić information content (AvgIpc) is 3.09. The number of rotatable bonds is 7. The summed E-state index contributed by atoms with van der Waals surface area (Å²) >= 11 is 0. The molecule has 8 nitrogen and oxygen atoms in total. The molecule has 8 heteroatoms. The van der Waals surface area contributed by atoms with Gasteiger partial charge in [0.1, 0.15) is 0 Å². The van der Waals surface area contributed by atoms with Gasteiger partial charge in [-0.25, -0.2) is 0 Å². The Morgan fingerprint density at radius 2 is 2.00 bits per heavy atom. The second kappa shape index (κ2) is 8.34. The highest BCUT2D eigenvalue weighted by Gasteiger charge is 2.13. The summed E-state index contributed by atoms with van der Waals surface area (Å²) in [5.74, 6) is -1.04. The number of amides is 1. The summed E-state index contributed by atoms with van der Waals surface area (Å²) in [6.07, 6.45) is 2.50. The number of nitrogens with one attached hydrogen (secondary N) is 2. The molecule has 3 rings (SSSR count). The molecule has 1 amide bonds. The molecule has 0 saturated heterocycles. The third-order valence-corrected chi connectivity index (χ3v) is 4.34. The summed E-state index contributed by atoms with van der Waals surface area (Å²) in [4.78, 5) is 37.4. The van der Waals surface area contributed by atoms with Crippen LogP contribution in [0.1, 0.15) is 17.5 Å². The molecule has 1 aromatic heterocycles. The first-order chi connectivity index (χ1) is 13.4. The molecule has 3 aromatic rings. The monoisotopic (exact) mass is 381 g/mol. The van der Waals surface area contributed by atoms with E-state index in [1.807, 2.05) is 30.5 Å². The molecule has 0 atom stereocenters. The Bertz CT molecular complexity index is 1040. The van der Waals surface area contributed by atoms with Crippen LogP contribution in [0.3, 0.4) is 0 Å². The van der Waals surface area contributed by atoms with E-state index in [2.05, 4.69) is 10.3 Å². The number of nitro benzene ring substituents is 1. The number of ether oxygens (including phenoxy) is 1. The van der Waals surface area contributed by atoms with E-state index in [0.29, 0.717) is 17.7 Å². The molecule has 0 fully saturated rings. The third kappa shape index (κ3) is 4.53. The van der Waals surface area contributed by atoms with Crippen LogP contribution in [0.15, 0.2) is 48.7 Å². The minimum atomic E-state index is -0.552. The number of benzene rings is 2. The van der Waals surface area contributed by atoms with Crippen molar-refractivity contribution in [3.05, 3.63) is 69.9 Å². The number of hydrogen-bond acceptors (Lipinski definition) is 5. The number of H-pyrrole nitrogens is 1. The van der Waals surface area contributed by atoms with Gasteiger partial charge in [-0.05, 0) is 30.5 Å². The SMILES string of the molecule is Cc1ccc([N+](=O)[O-])cc1NC(=O)COC(=O)CCc1c[nH]c2ccccc12. The zero-order chi connectivity index (χ0) is 20.1. The van der Waals surface area contributed by atoms with Crippen molar-refractivity contribution >= 4 is 34.2 Å². The van der Waals surface area contributed by atoms with E-state index < -0.39 is 23.4 Å². The van der Waals surface area contributed by atoms with Gasteiger partial charge in [0.15, 0.2) is 6.61 Å². The van der Waals surface area contributed by atoms with Crippen molar-refractivity contribution in [1.82, 2.24) is 4.98 Å². The van der Waals surface area contributed by atoms with Crippen LogP contribution < -0.4 is 5.32 Å². The average molecular weight is 381 g/mol. The summed E-state index contributed by atoms with van der Waals surface area (Å²) in [6.45, 7) is 1.27. The largest absolute Gasteiger partial charge is 0.456 e. The number of carbonyl (C=O) groups is 2. The second-order valence-electron chi connectivity index (χ2n) is 6.32. The fourth-order valence-corrected chi connectivity index (χ4v) is 2.84. The van der Waals surface area contributed by atoms with Gasteiger partial charge in [-0.3, -0.25) is 19.7 Å². The number of carbonyl (C=O) groups excluding carboxylic acids is 2. The Morgan fingerprint density at radius 1 is 1.21 bits per heavy atom. The van der Waals surface area contributed by atoms with Crippen LogP contribution in [0.4, 0.5) is 11.4 Å². The van der Waals surface area contributed by atoms with Crippen LogP contribution >= 0.6 is 0 Å². The lowest BCUT2D eigenvalue weighted by Gasteiger charge is -2.09. The van der Waals surface area contributed by atoms with E-state index in [-0.39, 0.29) is 12.1 Å². The van der Waals surface area contributed by atoms with Gasteiger partial charge in [0.25, 0.3) is 11.6 Å². The van der Waals surface area contributed by atoms with Gasteiger partial charge in [-0.2, -0.15) is 0 Å². The number of aromatic nitrogens is 1. The first-order valence-electron chi connectivity index (χ1n) is 8.69. The summed E-state index contributed by atoms with van der Waals surface area (Å²) in [5, 5.41) is 14.4. The smallest absolute Gasteiger partial charge is 0.306 e. The van der Waals surface area contributed by atoms with Gasteiger partial charge in [0.2, 0.25) is 0 Å². The number of nitro groups is 1. The molecule has 0 aliphatic carbocycles. The Hall–Kier alpha value is -3.68. The van der Waals surface area contributed by atoms with Crippen LogP contribution in [0.2, 0.25) is 0 Å². The minimum Gasteiger partial charge on any atom is -0.456 e. The molecule has 2 aromatic carbocycles. The molecule has 28 heavy (non-hydrogen) atoms. The van der Waals surface area contributed by atoms with Crippen molar-refractivity contribution in [1.29, 1.82) is 0 Å². The molecule has 0 unspecified atom stereocenters. The molecule has 144 valence electrons. The van der Waals surface area contributed by atoms with Gasteiger partial charge < -0.3 is 15.0 Å². The molecular formula is C20H19N3O5. The van der Waals surface area contributed by atoms with Crippen molar-refractivity contribution < 1.29 is 19.2 Å². The number of aryl methyl sites for hydroxylation is 2. The summed E-state index contributed by atoms with van der Waals surface area (Å²) < 4.78 is 5.01. The molecule has 0 aliphatic heterocycles. The summed E-state index contributed by atoms with van der Waals surface area (Å²) in [5.41, 5.74) is 2.86. The van der Waals surface area contributed by atoms with Crippen LogP contribution in [0.25, 0.3) is 10.9 Å². The number of non-ortho nitro benzene ring substituents is 1. The number of anilines is 1. The Labute approximate surface area is 160 Å². The number of para-hydroxylation sites is 1. The highest BCUT2D eigenvalue weighted by molar-refractivity contribution is 5.93. The second-order valence-corrected chi connectivity index (χ2v) is 6.32. The maximum absolute atomic E-state index is 12.0. The first-order valence-corrected chi connectivity index (χ1v) is 8.69. The number of aromatic amines is 1. The van der Waals surface area contributed by atoms with Crippen molar-refractivity contribution in [2.75, 3.05) is 11.9 Å². The van der Waals surface area contributed by atoms with Crippen molar-refractivity contribution in [2.24, 2.45) is 0 Å². The van der Waals surface area contributed by atoms with E-state index in [1.54, 1.807) is 13.0 Å². The number of fused-ring (bicyclic) bond motifs is 1. The molecule has 0 aliphatic rings. The van der Waals surface area contributed by atoms with Crippen LogP contribution in [0, 0.1) is 17.0 Å². The van der Waals surface area contributed by atoms with E-state index >= 15 is 0 Å². The lowest BCUT2D eigenvalue weighted by Crippen LogP contribution is -2.21. The predicted octanol–water partition coefficient (Wildman–Crippen LogP) is 3.50. The van der Waals surface area contributed by atoms with Gasteiger partial charge in [0, 0.05) is 35.7 Å². The maximum Gasteiger partial charge on any atom is 0.306 e. The third-order valence-electron chi connectivity index (χ3n) is 4.34. The van der Waals surface area contributed by atoms with Crippen molar-refractivity contribution in [2.45, 2.75) is 19.8 Å². The molecule has 0 bridgehead atoms. The van der Waals surface area contributed by atoms with Gasteiger partial charge in [-0.15, -0.1) is 0 Å². The summed E-state index contributed by atoms with van der Waals surface area (Å²) in [6, 6.07) is 12.0. The van der Waals surface area contributed by atoms with Crippen LogP contribution in [0.5, 0.6) is 0 Å². The van der Waals surface area contributed by atoms with Crippen LogP contribution in [-0.4, -0.2) is 28.4 Å². The first kappa shape index (κ1) is 19.1. The zero-order valence-electron chi connectivity index (χ0n) is 15.2. The fraction of sp³-hybridized carbons (Fsp3) is 0.200. The number of hydrogen-bond donors (Lipinski definition) is 2.